The lowest BCUT2D eigenvalue weighted by Gasteiger charge is -2.22. The summed E-state index contributed by atoms with van der Waals surface area (Å²) in [4.78, 5) is 28.1. The van der Waals surface area contributed by atoms with Gasteiger partial charge in [-0.25, -0.2) is 0 Å². The van der Waals surface area contributed by atoms with Crippen LogP contribution in [0.5, 0.6) is 5.75 Å². The van der Waals surface area contributed by atoms with E-state index in [0.717, 1.165) is 10.2 Å². The van der Waals surface area contributed by atoms with Gasteiger partial charge in [0.15, 0.2) is 0 Å². The predicted octanol–water partition coefficient (Wildman–Crippen LogP) is 5.39. The van der Waals surface area contributed by atoms with E-state index >= 15 is 0 Å². The van der Waals surface area contributed by atoms with Crippen LogP contribution in [0.4, 0.5) is 11.4 Å². The van der Waals surface area contributed by atoms with Crippen molar-refractivity contribution in [3.63, 3.8) is 0 Å². The van der Waals surface area contributed by atoms with Crippen molar-refractivity contribution in [1.29, 1.82) is 0 Å². The number of nitrogens with one attached hydrogen (secondary N) is 1. The number of amides is 2. The maximum absolute atomic E-state index is 13.3. The Morgan fingerprint density at radius 1 is 0.938 bits per heavy atom. The summed E-state index contributed by atoms with van der Waals surface area (Å²) in [7, 11) is 1.58. The van der Waals surface area contributed by atoms with Gasteiger partial charge in [-0.05, 0) is 49.4 Å². The Labute approximate surface area is 196 Å². The maximum Gasteiger partial charge on any atom is 0.260 e. The molecule has 0 atom stereocenters. The molecule has 1 N–H and O–H groups in total. The molecule has 6 nitrogen and oxygen atoms in total. The Bertz CT molecular complexity index is 1070. The van der Waals surface area contributed by atoms with E-state index in [-0.39, 0.29) is 11.8 Å². The average molecular weight is 497 g/mol. The van der Waals surface area contributed by atoms with Crippen LogP contribution in [0.15, 0.2) is 77.3 Å². The van der Waals surface area contributed by atoms with Crippen LogP contribution in [0.2, 0.25) is 0 Å². The van der Waals surface area contributed by atoms with Crippen LogP contribution in [-0.2, 0) is 4.74 Å². The molecule has 0 fully saturated rings. The molecule has 166 valence electrons. The molecule has 0 aliphatic carbocycles. The van der Waals surface area contributed by atoms with Crippen LogP contribution in [0, 0.1) is 0 Å². The van der Waals surface area contributed by atoms with E-state index in [1.165, 1.54) is 0 Å². The van der Waals surface area contributed by atoms with Crippen molar-refractivity contribution in [2.24, 2.45) is 0 Å². The topological polar surface area (TPSA) is 67.9 Å². The summed E-state index contributed by atoms with van der Waals surface area (Å²) in [6.07, 6.45) is 0. The zero-order valence-electron chi connectivity index (χ0n) is 18.0. The lowest BCUT2D eigenvalue weighted by atomic mass is 10.1. The smallest absolute Gasteiger partial charge is 0.260 e. The fourth-order valence-corrected chi connectivity index (χ4v) is 3.57. The van der Waals surface area contributed by atoms with Crippen molar-refractivity contribution < 1.29 is 19.1 Å². The van der Waals surface area contributed by atoms with Crippen molar-refractivity contribution in [1.82, 2.24) is 0 Å². The molecule has 3 rings (SSSR count). The van der Waals surface area contributed by atoms with Gasteiger partial charge < -0.3 is 19.7 Å². The molecule has 0 unspecified atom stereocenters. The molecule has 0 saturated heterocycles. The second-order valence-corrected chi connectivity index (χ2v) is 7.78. The number of benzene rings is 3. The quantitative estimate of drug-likeness (QED) is 0.403. The summed E-state index contributed by atoms with van der Waals surface area (Å²) in [6.45, 7) is 3.13. The number of carbonyl (C=O) groups is 2. The van der Waals surface area contributed by atoms with Crippen molar-refractivity contribution >= 4 is 39.1 Å². The van der Waals surface area contributed by atoms with Crippen molar-refractivity contribution in [2.75, 3.05) is 37.1 Å². The fourth-order valence-electron chi connectivity index (χ4n) is 3.21. The number of ether oxygens (including phenoxy) is 2. The third kappa shape index (κ3) is 5.75. The maximum atomic E-state index is 13.3. The first-order valence-corrected chi connectivity index (χ1v) is 11.0. The lowest BCUT2D eigenvalue weighted by Crippen LogP contribution is -2.31. The first kappa shape index (κ1) is 23.5. The van der Waals surface area contributed by atoms with E-state index in [1.807, 2.05) is 37.3 Å². The summed E-state index contributed by atoms with van der Waals surface area (Å²) in [6, 6.07) is 21.6. The number of hydrogen-bond acceptors (Lipinski definition) is 4. The molecule has 0 aromatic heterocycles. The molecule has 7 heteroatoms. The Kier molecular flexibility index (Phi) is 8.41. The molecule has 0 spiro atoms. The van der Waals surface area contributed by atoms with Gasteiger partial charge in [0.1, 0.15) is 12.4 Å². The fraction of sp³-hybridized carbons (Fsp3) is 0.200. The van der Waals surface area contributed by atoms with E-state index in [4.69, 9.17) is 9.47 Å². The van der Waals surface area contributed by atoms with E-state index in [2.05, 4.69) is 21.2 Å². The van der Waals surface area contributed by atoms with Gasteiger partial charge in [-0.15, -0.1) is 0 Å². The van der Waals surface area contributed by atoms with E-state index < -0.39 is 0 Å². The molecule has 3 aromatic carbocycles. The number of anilines is 2. The normalized spacial score (nSPS) is 10.5. The van der Waals surface area contributed by atoms with Crippen molar-refractivity contribution in [3.8, 4) is 5.75 Å². The third-order valence-corrected chi connectivity index (χ3v) is 5.26. The molecule has 0 saturated carbocycles. The van der Waals surface area contributed by atoms with Gasteiger partial charge in [-0.3, -0.25) is 9.59 Å². The van der Waals surface area contributed by atoms with Gasteiger partial charge in [-0.2, -0.15) is 0 Å². The minimum Gasteiger partial charge on any atom is -0.490 e. The summed E-state index contributed by atoms with van der Waals surface area (Å²) >= 11 is 3.40. The Morgan fingerprint density at radius 3 is 2.38 bits per heavy atom. The van der Waals surface area contributed by atoms with Crippen LogP contribution in [0.1, 0.15) is 27.6 Å². The minimum absolute atomic E-state index is 0.194. The van der Waals surface area contributed by atoms with E-state index in [0.29, 0.717) is 42.3 Å². The largest absolute Gasteiger partial charge is 0.490 e. The number of methoxy groups -OCH3 is 1. The Morgan fingerprint density at radius 2 is 1.66 bits per heavy atom. The molecule has 0 radical (unpaired) electrons. The summed E-state index contributed by atoms with van der Waals surface area (Å²) < 4.78 is 11.5. The highest BCUT2D eigenvalue weighted by Crippen LogP contribution is 2.26. The summed E-state index contributed by atoms with van der Waals surface area (Å²) in [5, 5.41) is 2.88. The zero-order chi connectivity index (χ0) is 22.9. The highest BCUT2D eigenvalue weighted by Gasteiger charge is 2.21. The van der Waals surface area contributed by atoms with Crippen LogP contribution in [0.3, 0.4) is 0 Å². The molecular weight excluding hydrogens is 472 g/mol. The number of nitrogens with zero attached hydrogens (tertiary/aromatic N) is 1. The van der Waals surface area contributed by atoms with Gasteiger partial charge in [0, 0.05) is 23.8 Å². The minimum atomic E-state index is -0.373. The monoisotopic (exact) mass is 496 g/mol. The lowest BCUT2D eigenvalue weighted by molar-refractivity contribution is 0.0989. The number of hydrogen-bond donors (Lipinski definition) is 1. The number of rotatable bonds is 9. The van der Waals surface area contributed by atoms with Gasteiger partial charge in [0.05, 0.1) is 23.4 Å². The summed E-state index contributed by atoms with van der Waals surface area (Å²) in [5.74, 6) is -0.131. The Hall–Kier alpha value is -3.16. The first-order valence-electron chi connectivity index (χ1n) is 10.2. The van der Waals surface area contributed by atoms with Gasteiger partial charge in [0.2, 0.25) is 0 Å². The third-order valence-electron chi connectivity index (χ3n) is 4.77. The number of halogens is 1. The van der Waals surface area contributed by atoms with Gasteiger partial charge in [-0.1, -0.05) is 46.3 Å². The standard InChI is InChI=1S/C25H25BrN2O4/c1-3-28(19-9-5-4-6-10-19)25(30)20-11-7-8-12-22(20)27-24(29)21-17-18(26)13-14-23(21)32-16-15-31-2/h4-14,17H,3,15-16H2,1-2H3,(H,27,29). The number of para-hydroxylation sites is 2. The SMILES string of the molecule is CCN(C(=O)c1ccccc1NC(=O)c1cc(Br)ccc1OCCOC)c1ccccc1. The second kappa shape index (κ2) is 11.5. The Balaban J connectivity index is 1.88. The molecule has 3 aromatic rings. The molecule has 0 bridgehead atoms. The molecule has 0 aliphatic heterocycles. The number of carbonyl (C=O) groups excluding carboxylic acids is 2. The first-order chi connectivity index (χ1) is 15.5. The van der Waals surface area contributed by atoms with Crippen LogP contribution in [0.25, 0.3) is 0 Å². The zero-order valence-corrected chi connectivity index (χ0v) is 19.6. The molecule has 2 amide bonds. The van der Waals surface area contributed by atoms with Crippen LogP contribution in [-0.4, -0.2) is 38.7 Å². The van der Waals surface area contributed by atoms with Gasteiger partial charge in [0.25, 0.3) is 11.8 Å². The average Bonchev–Trinajstić information content (AvgIpc) is 2.81. The van der Waals surface area contributed by atoms with Gasteiger partial charge >= 0.3 is 0 Å². The molecule has 0 aliphatic rings. The summed E-state index contributed by atoms with van der Waals surface area (Å²) in [5.41, 5.74) is 1.98. The predicted molar refractivity (Wildman–Crippen MR) is 130 cm³/mol. The molecular formula is C25H25BrN2O4. The second-order valence-electron chi connectivity index (χ2n) is 6.87. The van der Waals surface area contributed by atoms with Crippen LogP contribution < -0.4 is 15.0 Å². The van der Waals surface area contributed by atoms with Crippen molar-refractivity contribution in [3.05, 3.63) is 88.4 Å². The highest BCUT2D eigenvalue weighted by molar-refractivity contribution is 9.10. The van der Waals surface area contributed by atoms with Crippen molar-refractivity contribution in [2.45, 2.75) is 6.92 Å². The molecule has 0 heterocycles. The van der Waals surface area contributed by atoms with E-state index in [1.54, 1.807) is 54.5 Å². The highest BCUT2D eigenvalue weighted by atomic mass is 79.9. The van der Waals surface area contributed by atoms with E-state index in [9.17, 15) is 9.59 Å². The molecule has 32 heavy (non-hydrogen) atoms. The van der Waals surface area contributed by atoms with Crippen LogP contribution >= 0.6 is 15.9 Å².